The minimum Gasteiger partial charge on any atom is -0.388 e. The highest BCUT2D eigenvalue weighted by Gasteiger charge is 2.01. The smallest absolute Gasteiger partial charge is 0.250 e. The van der Waals surface area contributed by atoms with Crippen LogP contribution in [0.15, 0.2) is 36.4 Å². The van der Waals surface area contributed by atoms with Crippen molar-refractivity contribution in [2.45, 2.75) is 6.92 Å². The SMILES string of the molecule is C=C(C)C(=O)Nc1ccc(NC)cc1. The van der Waals surface area contributed by atoms with Gasteiger partial charge < -0.3 is 10.6 Å². The molecule has 0 aromatic heterocycles. The van der Waals surface area contributed by atoms with E-state index in [4.69, 9.17) is 0 Å². The largest absolute Gasteiger partial charge is 0.388 e. The molecule has 3 nitrogen and oxygen atoms in total. The van der Waals surface area contributed by atoms with Gasteiger partial charge in [-0.3, -0.25) is 4.79 Å². The molecule has 0 heterocycles. The maximum absolute atomic E-state index is 11.2. The number of anilines is 2. The van der Waals surface area contributed by atoms with Crippen LogP contribution < -0.4 is 10.6 Å². The van der Waals surface area contributed by atoms with Gasteiger partial charge in [-0.1, -0.05) is 6.58 Å². The Hall–Kier alpha value is -1.77. The molecule has 0 radical (unpaired) electrons. The average molecular weight is 190 g/mol. The Morgan fingerprint density at radius 1 is 1.21 bits per heavy atom. The van der Waals surface area contributed by atoms with Crippen LogP contribution in [0.4, 0.5) is 11.4 Å². The van der Waals surface area contributed by atoms with Crippen molar-refractivity contribution in [1.82, 2.24) is 0 Å². The number of carbonyl (C=O) groups excluding carboxylic acids is 1. The molecule has 14 heavy (non-hydrogen) atoms. The van der Waals surface area contributed by atoms with Gasteiger partial charge in [0.15, 0.2) is 0 Å². The fraction of sp³-hybridized carbons (Fsp3) is 0.182. The maximum Gasteiger partial charge on any atom is 0.250 e. The molecule has 0 atom stereocenters. The summed E-state index contributed by atoms with van der Waals surface area (Å²) in [6, 6.07) is 7.47. The zero-order chi connectivity index (χ0) is 10.6. The van der Waals surface area contributed by atoms with Gasteiger partial charge in [-0.15, -0.1) is 0 Å². The molecule has 1 rings (SSSR count). The van der Waals surface area contributed by atoms with E-state index in [2.05, 4.69) is 17.2 Å². The van der Waals surface area contributed by atoms with Gasteiger partial charge in [-0.05, 0) is 31.2 Å². The summed E-state index contributed by atoms with van der Waals surface area (Å²) in [5.41, 5.74) is 2.29. The number of benzene rings is 1. The minimum atomic E-state index is -0.151. The zero-order valence-corrected chi connectivity index (χ0v) is 8.42. The molecule has 0 aliphatic carbocycles. The summed E-state index contributed by atoms with van der Waals surface area (Å²) in [4.78, 5) is 11.2. The first-order chi connectivity index (χ1) is 6.63. The van der Waals surface area contributed by atoms with Crippen molar-refractivity contribution in [3.05, 3.63) is 36.4 Å². The van der Waals surface area contributed by atoms with Crippen LogP contribution in [0.3, 0.4) is 0 Å². The molecule has 1 aromatic carbocycles. The normalized spacial score (nSPS) is 9.29. The van der Waals surface area contributed by atoms with Gasteiger partial charge in [0.2, 0.25) is 0 Å². The van der Waals surface area contributed by atoms with Crippen molar-refractivity contribution in [3.8, 4) is 0 Å². The number of hydrogen-bond donors (Lipinski definition) is 2. The van der Waals surface area contributed by atoms with Gasteiger partial charge in [0.05, 0.1) is 0 Å². The molecule has 0 unspecified atom stereocenters. The van der Waals surface area contributed by atoms with Crippen molar-refractivity contribution in [3.63, 3.8) is 0 Å². The Kier molecular flexibility index (Phi) is 3.29. The second-order valence-electron chi connectivity index (χ2n) is 3.06. The fourth-order valence-corrected chi connectivity index (χ4v) is 0.958. The van der Waals surface area contributed by atoms with Gasteiger partial charge in [0, 0.05) is 24.0 Å². The summed E-state index contributed by atoms with van der Waals surface area (Å²) >= 11 is 0. The highest BCUT2D eigenvalue weighted by atomic mass is 16.1. The molecule has 3 heteroatoms. The monoisotopic (exact) mass is 190 g/mol. The van der Waals surface area contributed by atoms with Crippen LogP contribution in [0.2, 0.25) is 0 Å². The van der Waals surface area contributed by atoms with Crippen LogP contribution in [-0.2, 0) is 4.79 Å². The average Bonchev–Trinajstić information content (AvgIpc) is 2.19. The van der Waals surface area contributed by atoms with E-state index in [0.29, 0.717) is 5.57 Å². The lowest BCUT2D eigenvalue weighted by Crippen LogP contribution is -2.11. The van der Waals surface area contributed by atoms with Crippen LogP contribution in [0.1, 0.15) is 6.92 Å². The molecule has 0 saturated carbocycles. The van der Waals surface area contributed by atoms with E-state index >= 15 is 0 Å². The van der Waals surface area contributed by atoms with E-state index < -0.39 is 0 Å². The van der Waals surface area contributed by atoms with Crippen LogP contribution in [0.25, 0.3) is 0 Å². The Balaban J connectivity index is 2.69. The summed E-state index contributed by atoms with van der Waals surface area (Å²) in [6.07, 6.45) is 0. The molecule has 1 amide bonds. The van der Waals surface area contributed by atoms with Gasteiger partial charge in [-0.2, -0.15) is 0 Å². The fourth-order valence-electron chi connectivity index (χ4n) is 0.958. The summed E-state index contributed by atoms with van der Waals surface area (Å²) < 4.78 is 0. The molecule has 0 spiro atoms. The van der Waals surface area contributed by atoms with Gasteiger partial charge in [0.1, 0.15) is 0 Å². The third-order valence-electron chi connectivity index (χ3n) is 1.82. The first-order valence-electron chi connectivity index (χ1n) is 4.38. The van der Waals surface area contributed by atoms with Crippen molar-refractivity contribution in [2.24, 2.45) is 0 Å². The van der Waals surface area contributed by atoms with E-state index in [1.54, 1.807) is 6.92 Å². The molecule has 0 saturated heterocycles. The third kappa shape index (κ3) is 2.62. The van der Waals surface area contributed by atoms with Crippen LogP contribution in [0, 0.1) is 0 Å². The summed E-state index contributed by atoms with van der Waals surface area (Å²) in [6.45, 7) is 5.24. The predicted octanol–water partition coefficient (Wildman–Crippen LogP) is 2.24. The molecule has 0 aliphatic rings. The van der Waals surface area contributed by atoms with Crippen LogP contribution >= 0.6 is 0 Å². The standard InChI is InChI=1S/C11H14N2O/c1-8(2)11(14)13-10-6-4-9(12-3)5-7-10/h4-7,12H,1H2,2-3H3,(H,13,14). The lowest BCUT2D eigenvalue weighted by Gasteiger charge is -2.05. The molecule has 0 fully saturated rings. The van der Waals surface area contributed by atoms with E-state index in [-0.39, 0.29) is 5.91 Å². The highest BCUT2D eigenvalue weighted by Crippen LogP contribution is 2.13. The Bertz CT molecular complexity index is 341. The van der Waals surface area contributed by atoms with E-state index in [1.807, 2.05) is 31.3 Å². The van der Waals surface area contributed by atoms with Crippen molar-refractivity contribution < 1.29 is 4.79 Å². The molecule has 0 bridgehead atoms. The van der Waals surface area contributed by atoms with Crippen molar-refractivity contribution in [1.29, 1.82) is 0 Å². The quantitative estimate of drug-likeness (QED) is 0.718. The second-order valence-corrected chi connectivity index (χ2v) is 3.06. The molecular formula is C11H14N2O. The second kappa shape index (κ2) is 4.46. The van der Waals surface area contributed by atoms with Gasteiger partial charge >= 0.3 is 0 Å². The highest BCUT2D eigenvalue weighted by molar-refractivity contribution is 6.02. The number of nitrogens with one attached hydrogen (secondary N) is 2. The molecule has 1 aromatic rings. The zero-order valence-electron chi connectivity index (χ0n) is 8.42. The Morgan fingerprint density at radius 2 is 1.71 bits per heavy atom. The molecule has 0 aliphatic heterocycles. The molecule has 74 valence electrons. The summed E-state index contributed by atoms with van der Waals surface area (Å²) in [7, 11) is 1.85. The lowest BCUT2D eigenvalue weighted by molar-refractivity contribution is -0.112. The topological polar surface area (TPSA) is 41.1 Å². The molecular weight excluding hydrogens is 176 g/mol. The lowest BCUT2D eigenvalue weighted by atomic mass is 10.2. The van der Waals surface area contributed by atoms with E-state index in [9.17, 15) is 4.79 Å². The minimum absolute atomic E-state index is 0.151. The van der Waals surface area contributed by atoms with E-state index in [1.165, 1.54) is 0 Å². The maximum atomic E-state index is 11.2. The van der Waals surface area contributed by atoms with Crippen molar-refractivity contribution >= 4 is 17.3 Å². The number of rotatable bonds is 3. The Morgan fingerprint density at radius 3 is 2.14 bits per heavy atom. The van der Waals surface area contributed by atoms with Gasteiger partial charge in [0.25, 0.3) is 5.91 Å². The van der Waals surface area contributed by atoms with E-state index in [0.717, 1.165) is 11.4 Å². The first kappa shape index (κ1) is 10.3. The number of amides is 1. The number of hydrogen-bond acceptors (Lipinski definition) is 2. The summed E-state index contributed by atoms with van der Waals surface area (Å²) in [5.74, 6) is -0.151. The van der Waals surface area contributed by atoms with Crippen LogP contribution in [-0.4, -0.2) is 13.0 Å². The predicted molar refractivity (Wildman–Crippen MR) is 59.4 cm³/mol. The van der Waals surface area contributed by atoms with Crippen molar-refractivity contribution in [2.75, 3.05) is 17.7 Å². The molecule has 2 N–H and O–H groups in total. The van der Waals surface area contributed by atoms with Crippen LogP contribution in [0.5, 0.6) is 0 Å². The third-order valence-corrected chi connectivity index (χ3v) is 1.82. The first-order valence-corrected chi connectivity index (χ1v) is 4.38. The Labute approximate surface area is 83.8 Å². The van der Waals surface area contributed by atoms with Gasteiger partial charge in [-0.25, -0.2) is 0 Å². The summed E-state index contributed by atoms with van der Waals surface area (Å²) in [5, 5.41) is 5.73. The number of carbonyl (C=O) groups is 1.